The van der Waals surface area contributed by atoms with Gasteiger partial charge in [0.15, 0.2) is 12.0 Å². The van der Waals surface area contributed by atoms with Crippen molar-refractivity contribution in [3.05, 3.63) is 29.3 Å². The van der Waals surface area contributed by atoms with Crippen LogP contribution in [0.1, 0.15) is 0 Å². The molecule has 1 aromatic rings. The summed E-state index contributed by atoms with van der Waals surface area (Å²) in [5.74, 6) is 0.391. The number of rotatable bonds is 7. The molecule has 3 atom stereocenters. The van der Waals surface area contributed by atoms with E-state index in [4.69, 9.17) is 21.4 Å². The highest BCUT2D eigenvalue weighted by Gasteiger charge is 2.50. The molecule has 2 fully saturated rings. The Bertz CT molecular complexity index is 759. The molecular weight excluding hydrogens is 390 g/mol. The number of halogens is 1. The van der Waals surface area contributed by atoms with E-state index in [1.807, 2.05) is 0 Å². The number of imide groups is 1. The van der Waals surface area contributed by atoms with E-state index in [0.717, 1.165) is 0 Å². The zero-order valence-corrected chi connectivity index (χ0v) is 16.0. The number of hydrogen-bond donors (Lipinski definition) is 4. The van der Waals surface area contributed by atoms with Gasteiger partial charge < -0.3 is 30.1 Å². The second-order valence-electron chi connectivity index (χ2n) is 6.44. The van der Waals surface area contributed by atoms with Crippen LogP contribution in [-0.2, 0) is 4.79 Å². The maximum absolute atomic E-state index is 12.4. The van der Waals surface area contributed by atoms with E-state index in [-0.39, 0.29) is 26.3 Å². The average molecular weight is 412 g/mol. The van der Waals surface area contributed by atoms with Gasteiger partial charge in [-0.15, -0.1) is 0 Å². The van der Waals surface area contributed by atoms with Gasteiger partial charge in [-0.25, -0.2) is 4.79 Å². The minimum Gasteiger partial charge on any atom is -0.491 e. The van der Waals surface area contributed by atoms with E-state index >= 15 is 0 Å². The Morgan fingerprint density at radius 3 is 2.71 bits per heavy atom. The van der Waals surface area contributed by atoms with Crippen molar-refractivity contribution >= 4 is 29.5 Å². The summed E-state index contributed by atoms with van der Waals surface area (Å²) in [6.45, 7) is -0.0207. The van der Waals surface area contributed by atoms with Crippen LogP contribution in [0.2, 0.25) is 5.02 Å². The van der Waals surface area contributed by atoms with Crippen molar-refractivity contribution in [2.75, 3.05) is 33.4 Å². The lowest BCUT2D eigenvalue weighted by Crippen LogP contribution is -2.65. The summed E-state index contributed by atoms with van der Waals surface area (Å²) in [6.07, 6.45) is -1.56. The average Bonchev–Trinajstić information content (AvgIpc) is 3.03. The van der Waals surface area contributed by atoms with E-state index in [9.17, 15) is 14.7 Å². The number of aliphatic hydroxyl groups is 2. The summed E-state index contributed by atoms with van der Waals surface area (Å²) in [7, 11) is 1.56. The van der Waals surface area contributed by atoms with Crippen LogP contribution in [0.3, 0.4) is 0 Å². The van der Waals surface area contributed by atoms with Crippen LogP contribution in [0.15, 0.2) is 29.3 Å². The van der Waals surface area contributed by atoms with E-state index in [0.29, 0.717) is 16.7 Å². The Morgan fingerprint density at radius 1 is 1.32 bits per heavy atom. The number of benzene rings is 1. The van der Waals surface area contributed by atoms with E-state index in [1.54, 1.807) is 36.2 Å². The molecule has 2 heterocycles. The zero-order valence-electron chi connectivity index (χ0n) is 15.2. The van der Waals surface area contributed by atoms with Gasteiger partial charge in [0, 0.05) is 12.1 Å². The fourth-order valence-corrected chi connectivity index (χ4v) is 3.21. The minimum absolute atomic E-state index is 0.0147. The van der Waals surface area contributed by atoms with Crippen LogP contribution in [0.25, 0.3) is 0 Å². The number of β-amino-alcohol motifs (C(OH)–C–C–N with tert-alkyl or cyclic N) is 1. The molecule has 0 bridgehead atoms. The van der Waals surface area contributed by atoms with Crippen molar-refractivity contribution in [1.29, 1.82) is 0 Å². The first-order valence-corrected chi connectivity index (χ1v) is 9.11. The number of nitrogens with one attached hydrogen (secondary N) is 2. The van der Waals surface area contributed by atoms with Crippen molar-refractivity contribution in [3.63, 3.8) is 0 Å². The molecular formula is C17H22ClN5O5. The lowest BCUT2D eigenvalue weighted by Gasteiger charge is -2.35. The van der Waals surface area contributed by atoms with Crippen LogP contribution in [0, 0.1) is 0 Å². The fraction of sp³-hybridized carbons (Fsp3) is 0.471. The number of guanidine groups is 1. The normalized spacial score (nSPS) is 24.1. The molecule has 0 radical (unpaired) electrons. The van der Waals surface area contributed by atoms with Crippen LogP contribution in [0.5, 0.6) is 5.75 Å². The monoisotopic (exact) mass is 411 g/mol. The molecule has 0 aromatic heterocycles. The van der Waals surface area contributed by atoms with E-state index < -0.39 is 30.2 Å². The lowest BCUT2D eigenvalue weighted by molar-refractivity contribution is -0.127. The van der Waals surface area contributed by atoms with Crippen molar-refractivity contribution in [2.45, 2.75) is 18.3 Å². The third-order valence-electron chi connectivity index (χ3n) is 4.45. The molecule has 1 aromatic carbocycles. The van der Waals surface area contributed by atoms with Crippen molar-refractivity contribution in [2.24, 2.45) is 4.99 Å². The number of aliphatic imine (C=N–C) groups is 1. The zero-order chi connectivity index (χ0) is 20.3. The number of ether oxygens (including phenoxy) is 1. The maximum Gasteiger partial charge on any atom is 0.325 e. The van der Waals surface area contributed by atoms with Crippen LogP contribution < -0.4 is 15.4 Å². The third kappa shape index (κ3) is 4.29. The Labute approximate surface area is 166 Å². The van der Waals surface area contributed by atoms with Crippen molar-refractivity contribution in [1.82, 2.24) is 20.4 Å². The quantitative estimate of drug-likeness (QED) is 0.463. The highest BCUT2D eigenvalue weighted by molar-refractivity contribution is 6.30. The highest BCUT2D eigenvalue weighted by Crippen LogP contribution is 2.21. The molecule has 11 heteroatoms. The predicted molar refractivity (Wildman–Crippen MR) is 101 cm³/mol. The van der Waals surface area contributed by atoms with Crippen LogP contribution in [0.4, 0.5) is 4.79 Å². The second-order valence-corrected chi connectivity index (χ2v) is 6.88. The van der Waals surface area contributed by atoms with Gasteiger partial charge >= 0.3 is 6.03 Å². The Hall–Kier alpha value is -2.56. The smallest absolute Gasteiger partial charge is 0.325 e. The Morgan fingerprint density at radius 2 is 2.04 bits per heavy atom. The first-order valence-electron chi connectivity index (χ1n) is 8.73. The number of carbonyl (C=O) groups excluding carboxylic acids is 2. The second kappa shape index (κ2) is 8.63. The SMILES string of the molecule is CN1C(=O)NC(=O)C2C1NC(=NCCO)N2CC(O)COc1ccc(Cl)cc1. The first kappa shape index (κ1) is 20.2. The van der Waals surface area contributed by atoms with Gasteiger partial charge in [-0.2, -0.15) is 0 Å². The number of nitrogens with zero attached hydrogens (tertiary/aromatic N) is 3. The summed E-state index contributed by atoms with van der Waals surface area (Å²) in [5, 5.41) is 25.4. The number of hydrogen-bond acceptors (Lipinski definition) is 6. The molecule has 10 nitrogen and oxygen atoms in total. The standard InChI is InChI=1S/C17H22ClN5O5/c1-22-14-13(15(26)21-17(22)27)23(16(20-14)19-6-7-24)8-11(25)9-28-12-4-2-10(18)3-5-12/h2-5,11,13-14,24-25H,6-9H2,1H3,(H,19,20)(H,21,26,27). The molecule has 0 aliphatic carbocycles. The number of aliphatic hydroxyl groups excluding tert-OH is 2. The van der Waals surface area contributed by atoms with Gasteiger partial charge in [0.25, 0.3) is 5.91 Å². The number of amides is 3. The molecule has 4 N–H and O–H groups in total. The van der Waals surface area contributed by atoms with Gasteiger partial charge in [-0.05, 0) is 24.3 Å². The predicted octanol–water partition coefficient (Wildman–Crippen LogP) is -0.790. The summed E-state index contributed by atoms with van der Waals surface area (Å²) < 4.78 is 5.55. The Kier molecular flexibility index (Phi) is 6.22. The van der Waals surface area contributed by atoms with E-state index in [1.165, 1.54) is 4.90 Å². The summed E-state index contributed by atoms with van der Waals surface area (Å²) in [6, 6.07) is 5.45. The molecule has 3 amide bonds. The topological polar surface area (TPSA) is 127 Å². The summed E-state index contributed by atoms with van der Waals surface area (Å²) in [4.78, 5) is 31.4. The van der Waals surface area contributed by atoms with Gasteiger partial charge in [0.1, 0.15) is 24.6 Å². The lowest BCUT2D eigenvalue weighted by atomic mass is 10.1. The van der Waals surface area contributed by atoms with Gasteiger partial charge in [-0.1, -0.05) is 11.6 Å². The highest BCUT2D eigenvalue weighted by atomic mass is 35.5. The first-order chi connectivity index (χ1) is 13.4. The Balaban J connectivity index is 1.70. The van der Waals surface area contributed by atoms with Crippen LogP contribution in [-0.4, -0.2) is 89.6 Å². The molecule has 2 aliphatic rings. The summed E-state index contributed by atoms with van der Waals surface area (Å²) >= 11 is 5.83. The number of carbonyl (C=O) groups is 2. The van der Waals surface area contributed by atoms with Gasteiger partial charge in [-0.3, -0.25) is 15.1 Å². The number of urea groups is 1. The maximum atomic E-state index is 12.4. The molecule has 0 spiro atoms. The van der Waals surface area contributed by atoms with Gasteiger partial charge in [0.2, 0.25) is 0 Å². The molecule has 2 aliphatic heterocycles. The molecule has 3 rings (SSSR count). The molecule has 152 valence electrons. The molecule has 0 saturated carbocycles. The van der Waals surface area contributed by atoms with Crippen molar-refractivity contribution in [3.8, 4) is 5.75 Å². The molecule has 28 heavy (non-hydrogen) atoms. The third-order valence-corrected chi connectivity index (χ3v) is 4.70. The number of fused-ring (bicyclic) bond motifs is 1. The fourth-order valence-electron chi connectivity index (χ4n) is 3.08. The summed E-state index contributed by atoms with van der Waals surface area (Å²) in [5.41, 5.74) is 0. The van der Waals surface area contributed by atoms with Crippen molar-refractivity contribution < 1.29 is 24.5 Å². The largest absolute Gasteiger partial charge is 0.491 e. The molecule has 3 unspecified atom stereocenters. The van der Waals surface area contributed by atoms with Gasteiger partial charge in [0.05, 0.1) is 19.7 Å². The number of likely N-dealkylation sites (N-methyl/N-ethyl adjacent to an activating group) is 1. The van der Waals surface area contributed by atoms with Crippen LogP contribution >= 0.6 is 11.6 Å². The molecule has 2 saturated heterocycles. The minimum atomic E-state index is -0.939. The van der Waals surface area contributed by atoms with E-state index in [2.05, 4.69) is 15.6 Å².